The number of methoxy groups -OCH3 is 1. The van der Waals surface area contributed by atoms with E-state index in [0.717, 1.165) is 30.9 Å². The van der Waals surface area contributed by atoms with Crippen LogP contribution in [-0.4, -0.2) is 72.5 Å². The predicted octanol–water partition coefficient (Wildman–Crippen LogP) is 1.53. The normalized spacial score (nSPS) is 21.1. The summed E-state index contributed by atoms with van der Waals surface area (Å²) in [6.07, 6.45) is 2.97. The molecule has 1 amide bonds. The lowest BCUT2D eigenvalue weighted by Crippen LogP contribution is -2.57. The van der Waals surface area contributed by atoms with Crippen molar-refractivity contribution in [3.05, 3.63) is 42.5 Å². The zero-order chi connectivity index (χ0) is 21.6. The number of ether oxygens (including phenoxy) is 2. The van der Waals surface area contributed by atoms with Gasteiger partial charge in [0.05, 0.1) is 31.8 Å². The van der Waals surface area contributed by atoms with Crippen LogP contribution in [0.15, 0.2) is 36.9 Å². The van der Waals surface area contributed by atoms with E-state index in [-0.39, 0.29) is 38.1 Å². The average Bonchev–Trinajstić information content (AvgIpc) is 3.04. The number of carbonyl (C=O) groups excluding carboxylic acids is 2. The third-order valence-electron chi connectivity index (χ3n) is 5.88. The van der Waals surface area contributed by atoms with Crippen molar-refractivity contribution in [2.45, 2.75) is 31.3 Å². The Labute approximate surface area is 177 Å². The first-order valence-electron chi connectivity index (χ1n) is 10.2. The molecular formula is C22H30N2O6. The van der Waals surface area contributed by atoms with Crippen molar-refractivity contribution in [3.8, 4) is 5.75 Å². The van der Waals surface area contributed by atoms with E-state index >= 15 is 0 Å². The highest BCUT2D eigenvalue weighted by Gasteiger charge is 2.58. The maximum Gasteiger partial charge on any atom is 0.311 e. The third-order valence-corrected chi connectivity index (χ3v) is 5.88. The van der Waals surface area contributed by atoms with Crippen LogP contribution in [0.3, 0.4) is 0 Å². The number of likely N-dealkylation sites (tertiary alicyclic amines) is 1. The van der Waals surface area contributed by atoms with Gasteiger partial charge in [0.1, 0.15) is 12.4 Å². The Balaban J connectivity index is 1.66. The van der Waals surface area contributed by atoms with Crippen molar-refractivity contribution in [1.29, 1.82) is 0 Å². The highest BCUT2D eigenvalue weighted by molar-refractivity contribution is 5.88. The van der Waals surface area contributed by atoms with Crippen LogP contribution in [0.2, 0.25) is 0 Å². The molecule has 1 aromatic carbocycles. The van der Waals surface area contributed by atoms with E-state index in [4.69, 9.17) is 19.4 Å². The molecule has 0 aromatic heterocycles. The summed E-state index contributed by atoms with van der Waals surface area (Å²) in [4.78, 5) is 33.0. The Kier molecular flexibility index (Phi) is 7.47. The summed E-state index contributed by atoms with van der Waals surface area (Å²) in [7, 11) is 1.36. The van der Waals surface area contributed by atoms with E-state index in [1.165, 1.54) is 12.2 Å². The van der Waals surface area contributed by atoms with E-state index in [9.17, 15) is 9.59 Å². The summed E-state index contributed by atoms with van der Waals surface area (Å²) in [6.45, 7) is 6.36. The molecule has 164 valence electrons. The van der Waals surface area contributed by atoms with Gasteiger partial charge in [-0.05, 0) is 30.5 Å². The molecule has 0 radical (unpaired) electrons. The van der Waals surface area contributed by atoms with Gasteiger partial charge in [-0.2, -0.15) is 0 Å². The first kappa shape index (κ1) is 22.3. The predicted molar refractivity (Wildman–Crippen MR) is 109 cm³/mol. The maximum absolute atomic E-state index is 12.6. The highest BCUT2D eigenvalue weighted by atomic mass is 16.7. The standard InChI is InChI=1S/C22H30N2O6/c1-3-13-30-24-20(26)15-19(21(27)28-2)22(24)8-10-23(11-9-22)16-17-4-6-18(7-5-17)29-14-12-25/h3-7,19,25H,1,8-16H2,2H3/t19-/m0/s1. The van der Waals surface area contributed by atoms with Gasteiger partial charge in [-0.15, -0.1) is 6.58 Å². The van der Waals surface area contributed by atoms with Crippen LogP contribution < -0.4 is 4.74 Å². The number of aliphatic hydroxyl groups excluding tert-OH is 1. The summed E-state index contributed by atoms with van der Waals surface area (Å²) in [5, 5.41) is 10.3. The van der Waals surface area contributed by atoms with Gasteiger partial charge >= 0.3 is 5.97 Å². The first-order chi connectivity index (χ1) is 14.5. The van der Waals surface area contributed by atoms with E-state index in [0.29, 0.717) is 12.8 Å². The molecule has 1 spiro atoms. The monoisotopic (exact) mass is 418 g/mol. The van der Waals surface area contributed by atoms with Crippen LogP contribution in [0.4, 0.5) is 0 Å². The minimum atomic E-state index is -0.675. The van der Waals surface area contributed by atoms with Crippen molar-refractivity contribution in [3.63, 3.8) is 0 Å². The molecule has 1 aromatic rings. The van der Waals surface area contributed by atoms with Gasteiger partial charge in [0.15, 0.2) is 0 Å². The van der Waals surface area contributed by atoms with Crippen LogP contribution >= 0.6 is 0 Å². The van der Waals surface area contributed by atoms with Crippen LogP contribution in [0.5, 0.6) is 5.75 Å². The molecule has 2 aliphatic rings. The van der Waals surface area contributed by atoms with Crippen molar-refractivity contribution in [2.75, 3.05) is 40.0 Å². The second-order valence-electron chi connectivity index (χ2n) is 7.65. The summed E-state index contributed by atoms with van der Waals surface area (Å²) in [6, 6.07) is 7.80. The molecular weight excluding hydrogens is 388 g/mol. The average molecular weight is 418 g/mol. The van der Waals surface area contributed by atoms with Crippen LogP contribution in [0.25, 0.3) is 0 Å². The maximum atomic E-state index is 12.6. The largest absolute Gasteiger partial charge is 0.491 e. The minimum absolute atomic E-state index is 0.0140. The molecule has 3 rings (SSSR count). The second kappa shape index (κ2) is 10.1. The fourth-order valence-corrected chi connectivity index (χ4v) is 4.37. The summed E-state index contributed by atoms with van der Waals surface area (Å²) >= 11 is 0. The quantitative estimate of drug-likeness (QED) is 0.481. The van der Waals surface area contributed by atoms with Gasteiger partial charge in [0.25, 0.3) is 0 Å². The second-order valence-corrected chi connectivity index (χ2v) is 7.65. The minimum Gasteiger partial charge on any atom is -0.491 e. The van der Waals surface area contributed by atoms with Crippen molar-refractivity contribution in [2.24, 2.45) is 5.92 Å². The molecule has 2 fully saturated rings. The molecule has 2 saturated heterocycles. The van der Waals surface area contributed by atoms with Crippen molar-refractivity contribution >= 4 is 11.9 Å². The van der Waals surface area contributed by atoms with E-state index < -0.39 is 11.5 Å². The summed E-state index contributed by atoms with van der Waals surface area (Å²) in [5.74, 6) is -0.338. The fraction of sp³-hybridized carbons (Fsp3) is 0.545. The lowest BCUT2D eigenvalue weighted by molar-refractivity contribution is -0.218. The van der Waals surface area contributed by atoms with Gasteiger partial charge in [-0.3, -0.25) is 19.3 Å². The summed E-state index contributed by atoms with van der Waals surface area (Å²) in [5.41, 5.74) is 0.472. The molecule has 1 atom stereocenters. The van der Waals surface area contributed by atoms with E-state index in [1.807, 2.05) is 24.3 Å². The number of amides is 1. The van der Waals surface area contributed by atoms with Gasteiger partial charge in [-0.1, -0.05) is 18.2 Å². The van der Waals surface area contributed by atoms with Gasteiger partial charge < -0.3 is 14.6 Å². The Morgan fingerprint density at radius 3 is 2.60 bits per heavy atom. The number of hydroxylamine groups is 2. The number of carbonyl (C=O) groups is 2. The molecule has 0 bridgehead atoms. The Hall–Kier alpha value is -2.42. The van der Waals surface area contributed by atoms with Gasteiger partial charge in [-0.25, -0.2) is 5.06 Å². The number of aliphatic hydroxyl groups is 1. The number of esters is 1. The molecule has 2 heterocycles. The lowest BCUT2D eigenvalue weighted by atomic mass is 9.77. The molecule has 0 aliphatic carbocycles. The number of rotatable bonds is 9. The molecule has 1 N–H and O–H groups in total. The number of nitrogens with zero attached hydrogens (tertiary/aromatic N) is 2. The Bertz CT molecular complexity index is 742. The SMILES string of the molecule is C=CCON1C(=O)C[C@@H](C(=O)OC)C12CCN(Cc1ccc(OCCO)cc1)CC2. The first-order valence-corrected chi connectivity index (χ1v) is 10.2. The van der Waals surface area contributed by atoms with Gasteiger partial charge in [0, 0.05) is 26.1 Å². The Morgan fingerprint density at radius 2 is 2.00 bits per heavy atom. The van der Waals surface area contributed by atoms with E-state index in [1.54, 1.807) is 6.08 Å². The molecule has 8 nitrogen and oxygen atoms in total. The fourth-order valence-electron chi connectivity index (χ4n) is 4.37. The summed E-state index contributed by atoms with van der Waals surface area (Å²) < 4.78 is 10.4. The molecule has 30 heavy (non-hydrogen) atoms. The van der Waals surface area contributed by atoms with Crippen molar-refractivity contribution < 1.29 is 29.0 Å². The topological polar surface area (TPSA) is 88.5 Å². The Morgan fingerprint density at radius 1 is 1.30 bits per heavy atom. The molecule has 0 unspecified atom stereocenters. The lowest BCUT2D eigenvalue weighted by Gasteiger charge is -2.45. The number of hydrogen-bond acceptors (Lipinski definition) is 7. The zero-order valence-corrected chi connectivity index (χ0v) is 17.4. The molecule has 8 heteroatoms. The van der Waals surface area contributed by atoms with E-state index in [2.05, 4.69) is 11.5 Å². The van der Waals surface area contributed by atoms with Crippen LogP contribution in [0, 0.1) is 5.92 Å². The zero-order valence-electron chi connectivity index (χ0n) is 17.4. The molecule has 2 aliphatic heterocycles. The highest BCUT2D eigenvalue weighted by Crippen LogP contribution is 2.44. The van der Waals surface area contributed by atoms with Crippen molar-refractivity contribution in [1.82, 2.24) is 9.96 Å². The third kappa shape index (κ3) is 4.66. The van der Waals surface area contributed by atoms with Crippen LogP contribution in [0.1, 0.15) is 24.8 Å². The number of piperidine rings is 1. The molecule has 0 saturated carbocycles. The van der Waals surface area contributed by atoms with Gasteiger partial charge in [0.2, 0.25) is 5.91 Å². The van der Waals surface area contributed by atoms with Crippen LogP contribution in [-0.2, 0) is 25.7 Å². The number of hydrogen-bond donors (Lipinski definition) is 1. The number of benzene rings is 1. The smallest absolute Gasteiger partial charge is 0.311 e.